The first kappa shape index (κ1) is 18.7. The van der Waals surface area contributed by atoms with Crippen molar-refractivity contribution < 1.29 is 14.4 Å². The molecule has 2 heterocycles. The van der Waals surface area contributed by atoms with E-state index in [1.165, 1.54) is 0 Å². The standard InChI is InChI=1S/C17H22N2O3S2/c1-10(2)19(11(3)4)15(20)9-18-16(21)14(24-17(18)22)8-13-7-6-12(5)23-13/h6-8,10-11H,9H2,1-5H3/b14-8-. The second-order valence-electron chi connectivity index (χ2n) is 6.20. The lowest BCUT2D eigenvalue weighted by molar-refractivity contribution is -0.138. The Kier molecular flexibility index (Phi) is 5.87. The van der Waals surface area contributed by atoms with Gasteiger partial charge in [0.15, 0.2) is 0 Å². The van der Waals surface area contributed by atoms with Gasteiger partial charge in [0.2, 0.25) is 5.91 Å². The van der Waals surface area contributed by atoms with Gasteiger partial charge in [0.25, 0.3) is 11.1 Å². The second-order valence-corrected chi connectivity index (χ2v) is 8.52. The van der Waals surface area contributed by atoms with E-state index in [1.807, 2.05) is 46.8 Å². The fourth-order valence-electron chi connectivity index (χ4n) is 2.69. The largest absolute Gasteiger partial charge is 0.336 e. The van der Waals surface area contributed by atoms with Crippen LogP contribution in [0.15, 0.2) is 17.0 Å². The van der Waals surface area contributed by atoms with Crippen LogP contribution in [0.25, 0.3) is 6.08 Å². The molecule has 5 nitrogen and oxygen atoms in total. The predicted molar refractivity (Wildman–Crippen MR) is 98.9 cm³/mol. The highest BCUT2D eigenvalue weighted by Crippen LogP contribution is 2.33. The number of carbonyl (C=O) groups is 3. The fourth-order valence-corrected chi connectivity index (χ4v) is 4.41. The minimum absolute atomic E-state index is 0.0158. The Morgan fingerprint density at radius 3 is 2.33 bits per heavy atom. The molecule has 1 aromatic rings. The second kappa shape index (κ2) is 7.53. The lowest BCUT2D eigenvalue weighted by atomic mass is 10.2. The lowest BCUT2D eigenvalue weighted by Gasteiger charge is -2.31. The number of thioether (sulfide) groups is 1. The molecule has 1 aromatic heterocycles. The molecule has 0 atom stereocenters. The van der Waals surface area contributed by atoms with Crippen molar-refractivity contribution in [3.05, 3.63) is 26.8 Å². The average Bonchev–Trinajstić information content (AvgIpc) is 2.97. The van der Waals surface area contributed by atoms with E-state index in [0.29, 0.717) is 4.91 Å². The van der Waals surface area contributed by atoms with Gasteiger partial charge < -0.3 is 4.90 Å². The minimum atomic E-state index is -0.392. The molecule has 1 fully saturated rings. The number of hydrogen-bond acceptors (Lipinski definition) is 5. The number of nitrogens with zero attached hydrogens (tertiary/aromatic N) is 2. The number of rotatable bonds is 5. The van der Waals surface area contributed by atoms with Crippen LogP contribution >= 0.6 is 23.1 Å². The van der Waals surface area contributed by atoms with Crippen LogP contribution in [0.5, 0.6) is 0 Å². The highest BCUT2D eigenvalue weighted by Gasteiger charge is 2.37. The molecule has 0 unspecified atom stereocenters. The first-order chi connectivity index (χ1) is 11.2. The van der Waals surface area contributed by atoms with Crippen LogP contribution in [0.2, 0.25) is 0 Å². The maximum Gasteiger partial charge on any atom is 0.294 e. The zero-order chi connectivity index (χ0) is 18.0. The third kappa shape index (κ3) is 4.08. The van der Waals surface area contributed by atoms with Crippen molar-refractivity contribution in [2.75, 3.05) is 6.54 Å². The first-order valence-electron chi connectivity index (χ1n) is 7.83. The Morgan fingerprint density at radius 1 is 1.21 bits per heavy atom. The molecule has 0 aromatic carbocycles. The van der Waals surface area contributed by atoms with Gasteiger partial charge in [-0.1, -0.05) is 0 Å². The fraction of sp³-hybridized carbons (Fsp3) is 0.471. The first-order valence-corrected chi connectivity index (χ1v) is 9.47. The van der Waals surface area contributed by atoms with Crippen molar-refractivity contribution in [1.29, 1.82) is 0 Å². The Labute approximate surface area is 150 Å². The molecule has 0 bridgehead atoms. The molecule has 3 amide bonds. The van der Waals surface area contributed by atoms with Crippen LogP contribution in [0.4, 0.5) is 4.79 Å². The van der Waals surface area contributed by atoms with Crippen molar-refractivity contribution in [3.63, 3.8) is 0 Å². The van der Waals surface area contributed by atoms with Gasteiger partial charge >= 0.3 is 0 Å². The minimum Gasteiger partial charge on any atom is -0.336 e. The number of imide groups is 1. The van der Waals surface area contributed by atoms with Crippen molar-refractivity contribution in [3.8, 4) is 0 Å². The summed E-state index contributed by atoms with van der Waals surface area (Å²) in [4.78, 5) is 42.3. The van der Waals surface area contributed by atoms with E-state index in [9.17, 15) is 14.4 Å². The zero-order valence-corrected chi connectivity index (χ0v) is 16.2. The van der Waals surface area contributed by atoms with Gasteiger partial charge in [-0.15, -0.1) is 11.3 Å². The van der Waals surface area contributed by atoms with Crippen LogP contribution in [0.3, 0.4) is 0 Å². The molecule has 1 aliphatic heterocycles. The topological polar surface area (TPSA) is 57.7 Å². The Morgan fingerprint density at radius 2 is 1.83 bits per heavy atom. The maximum atomic E-state index is 12.5. The molecule has 0 spiro atoms. The van der Waals surface area contributed by atoms with E-state index < -0.39 is 5.91 Å². The summed E-state index contributed by atoms with van der Waals surface area (Å²) in [6.45, 7) is 9.46. The van der Waals surface area contributed by atoms with E-state index in [0.717, 1.165) is 26.4 Å². The van der Waals surface area contributed by atoms with Crippen molar-refractivity contribution >= 4 is 46.2 Å². The van der Waals surface area contributed by atoms with Gasteiger partial charge in [-0.2, -0.15) is 0 Å². The summed E-state index contributed by atoms with van der Waals surface area (Å²) >= 11 is 2.45. The zero-order valence-electron chi connectivity index (χ0n) is 14.5. The molecule has 0 radical (unpaired) electrons. The van der Waals surface area contributed by atoms with Crippen LogP contribution in [-0.4, -0.2) is 45.5 Å². The van der Waals surface area contributed by atoms with Crippen LogP contribution in [0.1, 0.15) is 37.4 Å². The molecule has 0 aliphatic carbocycles. The number of amides is 3. The third-order valence-corrected chi connectivity index (χ3v) is 5.46. The molecular formula is C17H22N2O3S2. The molecule has 0 saturated carbocycles. The van der Waals surface area contributed by atoms with E-state index in [2.05, 4.69) is 0 Å². The monoisotopic (exact) mass is 366 g/mol. The van der Waals surface area contributed by atoms with Crippen LogP contribution in [0, 0.1) is 6.92 Å². The van der Waals surface area contributed by atoms with E-state index in [4.69, 9.17) is 0 Å². The van der Waals surface area contributed by atoms with E-state index >= 15 is 0 Å². The predicted octanol–water partition coefficient (Wildman–Crippen LogP) is 3.74. The molecule has 0 N–H and O–H groups in total. The molecule has 7 heteroatoms. The molecule has 1 aliphatic rings. The summed E-state index contributed by atoms with van der Waals surface area (Å²) in [5.41, 5.74) is 0. The molecule has 1 saturated heterocycles. The molecule has 130 valence electrons. The highest BCUT2D eigenvalue weighted by atomic mass is 32.2. The normalized spacial score (nSPS) is 16.8. The number of carbonyl (C=O) groups excluding carboxylic acids is 3. The summed E-state index contributed by atoms with van der Waals surface area (Å²) in [6, 6.07) is 3.91. The number of hydrogen-bond donors (Lipinski definition) is 0. The Hall–Kier alpha value is -1.60. The molecule has 24 heavy (non-hydrogen) atoms. The lowest BCUT2D eigenvalue weighted by Crippen LogP contribution is -2.48. The molecule has 2 rings (SSSR count). The van der Waals surface area contributed by atoms with Gasteiger partial charge in [0.1, 0.15) is 6.54 Å². The van der Waals surface area contributed by atoms with Gasteiger partial charge in [-0.3, -0.25) is 19.3 Å². The van der Waals surface area contributed by atoms with Gasteiger partial charge in [-0.05, 0) is 64.6 Å². The summed E-state index contributed by atoms with van der Waals surface area (Å²) in [6.07, 6.45) is 1.72. The van der Waals surface area contributed by atoms with E-state index in [-0.39, 0.29) is 29.8 Å². The summed E-state index contributed by atoms with van der Waals surface area (Å²) < 4.78 is 0. The third-order valence-electron chi connectivity index (χ3n) is 3.60. The van der Waals surface area contributed by atoms with Gasteiger partial charge in [0.05, 0.1) is 4.91 Å². The maximum absolute atomic E-state index is 12.5. The number of aryl methyl sites for hydroxylation is 1. The Balaban J connectivity index is 2.14. The molecular weight excluding hydrogens is 344 g/mol. The van der Waals surface area contributed by atoms with Crippen LogP contribution < -0.4 is 0 Å². The SMILES string of the molecule is Cc1ccc(/C=C2\SC(=O)N(CC(=O)N(C(C)C)C(C)C)C2=O)s1. The van der Waals surface area contributed by atoms with Gasteiger partial charge in [0, 0.05) is 21.8 Å². The van der Waals surface area contributed by atoms with Crippen LogP contribution in [-0.2, 0) is 9.59 Å². The quantitative estimate of drug-likeness (QED) is 0.745. The van der Waals surface area contributed by atoms with Crippen molar-refractivity contribution in [2.24, 2.45) is 0 Å². The number of thiophene rings is 1. The Bertz CT molecular complexity index is 684. The summed E-state index contributed by atoms with van der Waals surface area (Å²) in [7, 11) is 0. The van der Waals surface area contributed by atoms with Gasteiger partial charge in [-0.25, -0.2) is 0 Å². The average molecular weight is 367 g/mol. The van der Waals surface area contributed by atoms with Crippen molar-refractivity contribution in [1.82, 2.24) is 9.80 Å². The smallest absolute Gasteiger partial charge is 0.294 e. The van der Waals surface area contributed by atoms with Crippen molar-refractivity contribution in [2.45, 2.75) is 46.7 Å². The summed E-state index contributed by atoms with van der Waals surface area (Å²) in [5.74, 6) is -0.604. The summed E-state index contributed by atoms with van der Waals surface area (Å²) in [5, 5.41) is -0.389. The highest BCUT2D eigenvalue weighted by molar-refractivity contribution is 8.18. The van der Waals surface area contributed by atoms with E-state index in [1.54, 1.807) is 22.3 Å².